The van der Waals surface area contributed by atoms with E-state index in [1.54, 1.807) is 13.8 Å². The quantitative estimate of drug-likeness (QED) is 0.775. The Balaban J connectivity index is 2.45. The van der Waals surface area contributed by atoms with Gasteiger partial charge in [0, 0.05) is 6.61 Å². The highest BCUT2D eigenvalue weighted by Crippen LogP contribution is 2.26. The summed E-state index contributed by atoms with van der Waals surface area (Å²) in [5, 5.41) is 2.34. The van der Waals surface area contributed by atoms with Crippen molar-refractivity contribution in [3.63, 3.8) is 0 Å². The molecule has 88 valence electrons. The number of ether oxygens (including phenoxy) is 1. The van der Waals surface area contributed by atoms with Gasteiger partial charge in [0.25, 0.3) is 0 Å². The van der Waals surface area contributed by atoms with Crippen LogP contribution in [0.25, 0.3) is 0 Å². The lowest BCUT2D eigenvalue weighted by Gasteiger charge is -2.26. The molecule has 0 spiro atoms. The third-order valence-corrected chi connectivity index (χ3v) is 2.42. The first-order chi connectivity index (χ1) is 6.71. The van der Waals surface area contributed by atoms with Gasteiger partial charge in [-0.15, -0.1) is 0 Å². The number of carbonyl (C=O) groups is 1. The molecule has 6 heteroatoms. The van der Waals surface area contributed by atoms with Crippen LogP contribution in [-0.4, -0.2) is 30.3 Å². The van der Waals surface area contributed by atoms with E-state index in [0.29, 0.717) is 13.0 Å². The number of carbonyl (C=O) groups excluding carboxylic acids is 1. The molecule has 1 aliphatic heterocycles. The third-order valence-electron chi connectivity index (χ3n) is 2.42. The number of hydrogen-bond donors (Lipinski definition) is 1. The lowest BCUT2D eigenvalue weighted by molar-refractivity contribution is -0.154. The maximum absolute atomic E-state index is 11.9. The van der Waals surface area contributed by atoms with E-state index in [1.807, 2.05) is 0 Å². The first kappa shape index (κ1) is 12.3. The van der Waals surface area contributed by atoms with Crippen LogP contribution in [0.4, 0.5) is 13.2 Å². The van der Waals surface area contributed by atoms with Crippen molar-refractivity contribution in [1.29, 1.82) is 0 Å². The van der Waals surface area contributed by atoms with Crippen LogP contribution in [0.1, 0.15) is 26.7 Å². The van der Waals surface area contributed by atoms with Gasteiger partial charge in [0.1, 0.15) is 6.42 Å². The van der Waals surface area contributed by atoms with Crippen LogP contribution < -0.4 is 5.32 Å². The molecule has 1 unspecified atom stereocenters. The highest BCUT2D eigenvalue weighted by atomic mass is 19.4. The van der Waals surface area contributed by atoms with E-state index in [4.69, 9.17) is 4.74 Å². The van der Waals surface area contributed by atoms with E-state index in [2.05, 4.69) is 5.32 Å². The molecule has 1 N–H and O–H groups in total. The molecule has 1 atom stereocenters. The second kappa shape index (κ2) is 4.00. The fourth-order valence-electron chi connectivity index (χ4n) is 1.56. The average Bonchev–Trinajstić information content (AvgIpc) is 2.26. The minimum absolute atomic E-state index is 0.340. The van der Waals surface area contributed by atoms with Gasteiger partial charge in [0.2, 0.25) is 5.91 Å². The van der Waals surface area contributed by atoms with Gasteiger partial charge >= 0.3 is 6.18 Å². The summed E-state index contributed by atoms with van der Waals surface area (Å²) in [5.74, 6) is -0.994. The normalized spacial score (nSPS) is 25.3. The van der Waals surface area contributed by atoms with Crippen LogP contribution in [0.2, 0.25) is 0 Å². The number of rotatable bonds is 2. The molecule has 0 bridgehead atoms. The first-order valence-corrected chi connectivity index (χ1v) is 4.71. The summed E-state index contributed by atoms with van der Waals surface area (Å²) in [6, 6.07) is -0.340. The molecule has 1 rings (SSSR count). The van der Waals surface area contributed by atoms with E-state index in [1.165, 1.54) is 0 Å². The maximum Gasteiger partial charge on any atom is 0.397 e. The molecule has 0 saturated carbocycles. The van der Waals surface area contributed by atoms with E-state index in [9.17, 15) is 18.0 Å². The lowest BCUT2D eigenvalue weighted by atomic mass is 9.99. The summed E-state index contributed by atoms with van der Waals surface area (Å²) in [5.41, 5.74) is -0.582. The Kier molecular flexibility index (Phi) is 3.28. The highest BCUT2D eigenvalue weighted by Gasteiger charge is 2.39. The van der Waals surface area contributed by atoms with Gasteiger partial charge in [-0.05, 0) is 20.3 Å². The van der Waals surface area contributed by atoms with Crippen molar-refractivity contribution < 1.29 is 22.7 Å². The van der Waals surface area contributed by atoms with Crippen molar-refractivity contribution in [2.75, 3.05) is 6.61 Å². The van der Waals surface area contributed by atoms with Gasteiger partial charge in [-0.3, -0.25) is 4.79 Å². The molecule has 1 saturated heterocycles. The van der Waals surface area contributed by atoms with Crippen LogP contribution in [0.5, 0.6) is 0 Å². The zero-order chi connectivity index (χ0) is 11.7. The van der Waals surface area contributed by atoms with E-state index in [-0.39, 0.29) is 6.04 Å². The molecular formula is C9H14F3NO2. The van der Waals surface area contributed by atoms with Gasteiger partial charge in [0.15, 0.2) is 0 Å². The Labute approximate surface area is 86.0 Å². The van der Waals surface area contributed by atoms with E-state index in [0.717, 1.165) is 0 Å². The second-order valence-electron chi connectivity index (χ2n) is 4.15. The largest absolute Gasteiger partial charge is 0.397 e. The summed E-state index contributed by atoms with van der Waals surface area (Å²) in [7, 11) is 0. The van der Waals surface area contributed by atoms with Crippen molar-refractivity contribution in [2.24, 2.45) is 0 Å². The summed E-state index contributed by atoms with van der Waals surface area (Å²) in [6.45, 7) is 3.96. The SMILES string of the molecule is CC1(C)OCCC1NC(=O)CC(F)(F)F. The molecule has 1 aliphatic rings. The molecule has 3 nitrogen and oxygen atoms in total. The van der Waals surface area contributed by atoms with Crippen molar-refractivity contribution in [1.82, 2.24) is 5.32 Å². The van der Waals surface area contributed by atoms with Crippen molar-refractivity contribution >= 4 is 5.91 Å². The molecule has 1 fully saturated rings. The number of alkyl halides is 3. The average molecular weight is 225 g/mol. The number of amides is 1. The Morgan fingerprint density at radius 3 is 2.53 bits per heavy atom. The van der Waals surface area contributed by atoms with E-state index >= 15 is 0 Å². The zero-order valence-corrected chi connectivity index (χ0v) is 8.65. The predicted molar refractivity (Wildman–Crippen MR) is 47.3 cm³/mol. The number of nitrogens with one attached hydrogen (secondary N) is 1. The summed E-state index contributed by atoms with van der Waals surface area (Å²) in [6.07, 6.45) is -5.33. The van der Waals surface area contributed by atoms with Crippen molar-refractivity contribution in [2.45, 2.75) is 44.5 Å². The maximum atomic E-state index is 11.9. The van der Waals surface area contributed by atoms with Gasteiger partial charge in [-0.1, -0.05) is 0 Å². The fraction of sp³-hybridized carbons (Fsp3) is 0.889. The minimum atomic E-state index is -4.45. The first-order valence-electron chi connectivity index (χ1n) is 4.71. The highest BCUT2D eigenvalue weighted by molar-refractivity contribution is 5.77. The molecule has 1 heterocycles. The Bertz CT molecular complexity index is 250. The Morgan fingerprint density at radius 2 is 2.13 bits per heavy atom. The van der Waals surface area contributed by atoms with E-state index < -0.39 is 24.1 Å². The topological polar surface area (TPSA) is 38.3 Å². The smallest absolute Gasteiger partial charge is 0.373 e. The summed E-state index contributed by atoms with van der Waals surface area (Å²) in [4.78, 5) is 11.0. The standard InChI is InChI=1S/C9H14F3NO2/c1-8(2)6(3-4-15-8)13-7(14)5-9(10,11)12/h6H,3-5H2,1-2H3,(H,13,14). The van der Waals surface area contributed by atoms with Crippen LogP contribution in [0.15, 0.2) is 0 Å². The van der Waals surface area contributed by atoms with Gasteiger partial charge in [0.05, 0.1) is 11.6 Å². The fourth-order valence-corrected chi connectivity index (χ4v) is 1.56. The number of halogens is 3. The zero-order valence-electron chi connectivity index (χ0n) is 8.65. The molecule has 15 heavy (non-hydrogen) atoms. The summed E-state index contributed by atoms with van der Waals surface area (Å²) < 4.78 is 40.9. The van der Waals surface area contributed by atoms with Gasteiger partial charge in [-0.25, -0.2) is 0 Å². The molecular weight excluding hydrogens is 211 g/mol. The van der Waals surface area contributed by atoms with Crippen LogP contribution in [0.3, 0.4) is 0 Å². The van der Waals surface area contributed by atoms with Crippen molar-refractivity contribution in [3.05, 3.63) is 0 Å². The van der Waals surface area contributed by atoms with Crippen LogP contribution in [-0.2, 0) is 9.53 Å². The van der Waals surface area contributed by atoms with Gasteiger partial charge < -0.3 is 10.1 Å². The minimum Gasteiger partial charge on any atom is -0.373 e. The monoisotopic (exact) mass is 225 g/mol. The third kappa shape index (κ3) is 3.70. The molecule has 0 radical (unpaired) electrons. The van der Waals surface area contributed by atoms with Crippen LogP contribution in [0, 0.1) is 0 Å². The molecule has 1 amide bonds. The second-order valence-corrected chi connectivity index (χ2v) is 4.15. The molecule has 0 aliphatic carbocycles. The molecule has 0 aromatic rings. The molecule has 0 aromatic carbocycles. The molecule has 0 aromatic heterocycles. The van der Waals surface area contributed by atoms with Gasteiger partial charge in [-0.2, -0.15) is 13.2 Å². The Hall–Kier alpha value is -0.780. The summed E-state index contributed by atoms with van der Waals surface area (Å²) >= 11 is 0. The lowest BCUT2D eigenvalue weighted by Crippen LogP contribution is -2.47. The Morgan fingerprint density at radius 1 is 1.53 bits per heavy atom. The number of hydrogen-bond acceptors (Lipinski definition) is 2. The van der Waals surface area contributed by atoms with Crippen molar-refractivity contribution in [3.8, 4) is 0 Å². The predicted octanol–water partition coefficient (Wildman–Crippen LogP) is 1.62. The van der Waals surface area contributed by atoms with Crippen LogP contribution >= 0.6 is 0 Å².